The van der Waals surface area contributed by atoms with Crippen molar-refractivity contribution in [3.05, 3.63) is 16.9 Å². The van der Waals surface area contributed by atoms with Gasteiger partial charge in [0.05, 0.1) is 16.9 Å². The summed E-state index contributed by atoms with van der Waals surface area (Å²) in [6.45, 7) is 3.30. The van der Waals surface area contributed by atoms with Crippen LogP contribution < -0.4 is 0 Å². The minimum atomic E-state index is -0.611. The van der Waals surface area contributed by atoms with Crippen LogP contribution in [0.3, 0.4) is 0 Å². The Labute approximate surface area is 70.0 Å². The van der Waals surface area contributed by atoms with Crippen LogP contribution in [0.5, 0.6) is 0 Å². The quantitative estimate of drug-likeness (QED) is 0.677. The molecule has 0 saturated heterocycles. The third kappa shape index (κ3) is 1.53. The lowest BCUT2D eigenvalue weighted by Crippen LogP contribution is -2.03. The lowest BCUT2D eigenvalue weighted by molar-refractivity contribution is 0.338. The number of aromatic nitrogens is 2. The Morgan fingerprint density at radius 3 is 2.73 bits per heavy atom. The number of nitrogens with zero attached hydrogens (tertiary/aromatic N) is 2. The third-order valence-corrected chi connectivity index (χ3v) is 1.78. The number of hydrogen-bond acceptors (Lipinski definition) is 1. The molecule has 0 fully saturated rings. The second-order valence-electron chi connectivity index (χ2n) is 2.65. The molecule has 62 valence electrons. The normalized spacial score (nSPS) is 11.0. The second kappa shape index (κ2) is 3.22. The molecule has 0 aromatic carbocycles. The fourth-order valence-corrected chi connectivity index (χ4v) is 1.40. The monoisotopic (exact) mass is 176 g/mol. The predicted molar refractivity (Wildman–Crippen MR) is 42.4 cm³/mol. The van der Waals surface area contributed by atoms with E-state index in [1.165, 1.54) is 10.9 Å². The minimum Gasteiger partial charge on any atom is -0.237 e. The van der Waals surface area contributed by atoms with Gasteiger partial charge in [0.2, 0.25) is 0 Å². The van der Waals surface area contributed by atoms with Gasteiger partial charge in [0.1, 0.15) is 0 Å². The van der Waals surface area contributed by atoms with Crippen LogP contribution in [0.4, 0.5) is 4.39 Å². The molecule has 2 nitrogen and oxygen atoms in total. The summed E-state index contributed by atoms with van der Waals surface area (Å²) in [7, 11) is 0. The third-order valence-electron chi connectivity index (χ3n) is 1.49. The van der Waals surface area contributed by atoms with E-state index in [-0.39, 0.29) is 5.92 Å². The summed E-state index contributed by atoms with van der Waals surface area (Å²) in [5, 5.41) is 4.30. The average Bonchev–Trinajstić information content (AvgIpc) is 2.30. The molecule has 1 rings (SSSR count). The maximum absolute atomic E-state index is 12.2. The molecule has 0 radical (unpaired) electrons. The van der Waals surface area contributed by atoms with Gasteiger partial charge in [0.25, 0.3) is 0 Å². The summed E-state index contributed by atoms with van der Waals surface area (Å²) < 4.78 is 13.5. The topological polar surface area (TPSA) is 17.8 Å². The van der Waals surface area contributed by atoms with Gasteiger partial charge < -0.3 is 0 Å². The van der Waals surface area contributed by atoms with Crippen LogP contribution in [0.2, 0.25) is 5.02 Å². The zero-order chi connectivity index (χ0) is 8.43. The van der Waals surface area contributed by atoms with E-state index in [1.807, 2.05) is 13.8 Å². The van der Waals surface area contributed by atoms with E-state index in [4.69, 9.17) is 11.6 Å². The molecule has 0 aliphatic heterocycles. The van der Waals surface area contributed by atoms with E-state index in [2.05, 4.69) is 5.10 Å². The average molecular weight is 177 g/mol. The Kier molecular flexibility index (Phi) is 2.49. The Morgan fingerprint density at radius 1 is 1.73 bits per heavy atom. The summed E-state index contributed by atoms with van der Waals surface area (Å²) in [4.78, 5) is 0. The summed E-state index contributed by atoms with van der Waals surface area (Å²) in [5.41, 5.74) is 0.758. The second-order valence-corrected chi connectivity index (χ2v) is 3.06. The summed E-state index contributed by atoms with van der Waals surface area (Å²) in [5.74, 6) is 0.209. The highest BCUT2D eigenvalue weighted by atomic mass is 35.5. The van der Waals surface area contributed by atoms with Crippen molar-refractivity contribution >= 4 is 11.6 Å². The molecule has 0 N–H and O–H groups in total. The van der Waals surface area contributed by atoms with Crippen LogP contribution in [0.15, 0.2) is 6.20 Å². The highest BCUT2D eigenvalue weighted by molar-refractivity contribution is 6.31. The van der Waals surface area contributed by atoms with Crippen molar-refractivity contribution in [2.45, 2.75) is 26.6 Å². The van der Waals surface area contributed by atoms with Gasteiger partial charge in [-0.15, -0.1) is 0 Å². The van der Waals surface area contributed by atoms with Gasteiger partial charge in [0, 0.05) is 0 Å². The van der Waals surface area contributed by atoms with Crippen LogP contribution in [0, 0.1) is 0 Å². The van der Waals surface area contributed by atoms with Gasteiger partial charge in [-0.1, -0.05) is 25.4 Å². The van der Waals surface area contributed by atoms with Crippen molar-refractivity contribution in [1.29, 1.82) is 0 Å². The molecule has 0 saturated carbocycles. The molecule has 11 heavy (non-hydrogen) atoms. The summed E-state index contributed by atoms with van der Waals surface area (Å²) in [6, 6.07) is 0. The highest BCUT2D eigenvalue weighted by Crippen LogP contribution is 2.23. The van der Waals surface area contributed by atoms with E-state index in [9.17, 15) is 4.39 Å². The zero-order valence-electron chi connectivity index (χ0n) is 6.51. The predicted octanol–water partition coefficient (Wildman–Crippen LogP) is 2.59. The first-order chi connectivity index (χ1) is 5.16. The van der Waals surface area contributed by atoms with Gasteiger partial charge in [-0.3, -0.25) is 0 Å². The molecule has 0 aliphatic carbocycles. The maximum Gasteiger partial charge on any atom is 0.181 e. The molecule has 1 aromatic rings. The van der Waals surface area contributed by atoms with E-state index in [1.54, 1.807) is 0 Å². The lowest BCUT2D eigenvalue weighted by atomic mass is 10.1. The van der Waals surface area contributed by atoms with Gasteiger partial charge in [-0.2, -0.15) is 5.10 Å². The highest BCUT2D eigenvalue weighted by Gasteiger charge is 2.11. The molecular weight excluding hydrogens is 167 g/mol. The zero-order valence-corrected chi connectivity index (χ0v) is 7.27. The fraction of sp³-hybridized carbons (Fsp3) is 0.571. The van der Waals surface area contributed by atoms with Crippen LogP contribution in [0.25, 0.3) is 0 Å². The number of hydrogen-bond donors (Lipinski definition) is 0. The maximum atomic E-state index is 12.2. The van der Waals surface area contributed by atoms with Crippen LogP contribution in [0.1, 0.15) is 25.5 Å². The molecule has 4 heteroatoms. The number of alkyl halides is 1. The van der Waals surface area contributed by atoms with Crippen molar-refractivity contribution in [2.24, 2.45) is 0 Å². The largest absolute Gasteiger partial charge is 0.237 e. The lowest BCUT2D eigenvalue weighted by Gasteiger charge is -2.06. The van der Waals surface area contributed by atoms with Crippen molar-refractivity contribution in [3.63, 3.8) is 0 Å². The van der Waals surface area contributed by atoms with E-state index in [0.29, 0.717) is 5.02 Å². The molecular formula is C7H10ClFN2. The van der Waals surface area contributed by atoms with Gasteiger partial charge in [-0.25, -0.2) is 9.07 Å². The van der Waals surface area contributed by atoms with E-state index < -0.39 is 6.80 Å². The standard InChI is InChI=1S/C7H10ClFN2/c1-5(2)7-6(8)3-10-11(7)4-9/h3,5H,4H2,1-2H3. The Morgan fingerprint density at radius 2 is 2.36 bits per heavy atom. The van der Waals surface area contributed by atoms with Gasteiger partial charge in [-0.05, 0) is 5.92 Å². The van der Waals surface area contributed by atoms with Gasteiger partial charge in [0.15, 0.2) is 6.80 Å². The first-order valence-corrected chi connectivity index (χ1v) is 3.81. The molecule has 0 atom stereocenters. The van der Waals surface area contributed by atoms with Crippen molar-refractivity contribution in [3.8, 4) is 0 Å². The van der Waals surface area contributed by atoms with Gasteiger partial charge >= 0.3 is 0 Å². The molecule has 0 unspecified atom stereocenters. The SMILES string of the molecule is CC(C)c1c(Cl)cnn1CF. The summed E-state index contributed by atoms with van der Waals surface area (Å²) >= 11 is 5.77. The van der Waals surface area contributed by atoms with Crippen molar-refractivity contribution in [1.82, 2.24) is 9.78 Å². The van der Waals surface area contributed by atoms with Crippen LogP contribution in [-0.2, 0) is 6.80 Å². The molecule has 0 aliphatic rings. The Bertz CT molecular complexity index is 245. The molecule has 0 spiro atoms. The van der Waals surface area contributed by atoms with E-state index in [0.717, 1.165) is 5.69 Å². The fourth-order valence-electron chi connectivity index (χ4n) is 1.04. The molecule has 0 amide bonds. The van der Waals surface area contributed by atoms with Crippen molar-refractivity contribution in [2.75, 3.05) is 0 Å². The Balaban J connectivity index is 3.07. The first kappa shape index (κ1) is 8.53. The molecule has 1 heterocycles. The Hall–Kier alpha value is -0.570. The smallest absolute Gasteiger partial charge is 0.181 e. The van der Waals surface area contributed by atoms with Crippen LogP contribution in [-0.4, -0.2) is 9.78 Å². The van der Waals surface area contributed by atoms with Crippen molar-refractivity contribution < 1.29 is 4.39 Å². The molecule has 1 aromatic heterocycles. The molecule has 0 bridgehead atoms. The minimum absolute atomic E-state index is 0.209. The van der Waals surface area contributed by atoms with E-state index >= 15 is 0 Å². The number of halogens is 2. The summed E-state index contributed by atoms with van der Waals surface area (Å²) in [6.07, 6.45) is 1.47. The number of rotatable bonds is 2. The van der Waals surface area contributed by atoms with Crippen LogP contribution >= 0.6 is 11.6 Å². The first-order valence-electron chi connectivity index (χ1n) is 3.44.